The topological polar surface area (TPSA) is 91.3 Å². The molecule has 2 N–H and O–H groups in total. The Morgan fingerprint density at radius 2 is 1.97 bits per heavy atom. The number of aliphatic carboxylic acids is 1. The molecular weight excluding hydrogens is 425 g/mol. The number of hydrogen-bond donors (Lipinski definition) is 2. The number of anilines is 1. The van der Waals surface area contributed by atoms with Gasteiger partial charge in [0.1, 0.15) is 23.5 Å². The number of halogens is 3. The van der Waals surface area contributed by atoms with E-state index < -0.39 is 12.1 Å². The molecule has 1 aromatic carbocycles. The molecule has 32 heavy (non-hydrogen) atoms. The summed E-state index contributed by atoms with van der Waals surface area (Å²) in [7, 11) is 1.71. The molecule has 7 nitrogen and oxygen atoms in total. The second-order valence-electron chi connectivity index (χ2n) is 7.54. The SMILES string of the molecule is CCc1c[nH]c2ncnc(N3CCC(Cc4ccc(OC)cc4)C3)c12.O=C(O)C(F)(F)F. The minimum atomic E-state index is -5.08. The van der Waals surface area contributed by atoms with Gasteiger partial charge in [0.15, 0.2) is 0 Å². The zero-order valence-electron chi connectivity index (χ0n) is 17.8. The second-order valence-corrected chi connectivity index (χ2v) is 7.54. The number of alkyl halides is 3. The number of H-pyrrole nitrogens is 1. The standard InChI is InChI=1S/C20H24N4O.C2HF3O2/c1-3-16-11-21-19-18(16)20(23-13-22-19)24-9-8-15(12-24)10-14-4-6-17(25-2)7-5-14;3-2(4,5)1(6)7/h4-7,11,13,15H,3,8-10,12H2,1-2H3,(H,21,22,23);(H,6,7). The van der Waals surface area contributed by atoms with Crippen LogP contribution in [0.5, 0.6) is 5.75 Å². The number of carboxylic acid groups (broad SMARTS) is 1. The molecule has 0 radical (unpaired) electrons. The fraction of sp³-hybridized carbons (Fsp3) is 0.409. The maximum atomic E-state index is 10.6. The predicted octanol–water partition coefficient (Wildman–Crippen LogP) is 4.23. The van der Waals surface area contributed by atoms with Crippen LogP contribution in [0.2, 0.25) is 0 Å². The van der Waals surface area contributed by atoms with Gasteiger partial charge in [-0.3, -0.25) is 0 Å². The van der Waals surface area contributed by atoms with Crippen molar-refractivity contribution in [2.24, 2.45) is 5.92 Å². The quantitative estimate of drug-likeness (QED) is 0.605. The summed E-state index contributed by atoms with van der Waals surface area (Å²) in [5.41, 5.74) is 3.61. The van der Waals surface area contributed by atoms with E-state index in [1.165, 1.54) is 22.9 Å². The number of carboxylic acids is 1. The van der Waals surface area contributed by atoms with Gasteiger partial charge in [-0.15, -0.1) is 0 Å². The molecule has 0 amide bonds. The van der Waals surface area contributed by atoms with E-state index in [4.69, 9.17) is 14.6 Å². The van der Waals surface area contributed by atoms with Crippen LogP contribution in [0.4, 0.5) is 19.0 Å². The zero-order chi connectivity index (χ0) is 23.3. The summed E-state index contributed by atoms with van der Waals surface area (Å²) < 4.78 is 37.0. The third-order valence-electron chi connectivity index (χ3n) is 5.42. The summed E-state index contributed by atoms with van der Waals surface area (Å²) in [5.74, 6) is -0.102. The molecule has 0 spiro atoms. The first-order valence-electron chi connectivity index (χ1n) is 10.2. The van der Waals surface area contributed by atoms with E-state index in [1.54, 1.807) is 13.4 Å². The fourth-order valence-electron chi connectivity index (χ4n) is 3.81. The van der Waals surface area contributed by atoms with Crippen LogP contribution in [-0.4, -0.2) is 52.4 Å². The third-order valence-corrected chi connectivity index (χ3v) is 5.42. The number of nitrogens with zero attached hydrogens (tertiary/aromatic N) is 3. The van der Waals surface area contributed by atoms with Crippen LogP contribution in [-0.2, 0) is 17.6 Å². The highest BCUT2D eigenvalue weighted by Gasteiger charge is 2.38. The van der Waals surface area contributed by atoms with Crippen LogP contribution in [0.25, 0.3) is 11.0 Å². The normalized spacial score (nSPS) is 16.0. The van der Waals surface area contributed by atoms with Gasteiger partial charge in [-0.1, -0.05) is 19.1 Å². The Hall–Kier alpha value is -3.30. The van der Waals surface area contributed by atoms with Crippen molar-refractivity contribution in [2.45, 2.75) is 32.4 Å². The summed E-state index contributed by atoms with van der Waals surface area (Å²) >= 11 is 0. The molecule has 1 fully saturated rings. The molecule has 10 heteroatoms. The van der Waals surface area contributed by atoms with Crippen LogP contribution in [0.1, 0.15) is 24.5 Å². The summed E-state index contributed by atoms with van der Waals surface area (Å²) in [5, 5.41) is 8.31. The van der Waals surface area contributed by atoms with Crippen molar-refractivity contribution in [3.05, 3.63) is 47.9 Å². The van der Waals surface area contributed by atoms with E-state index >= 15 is 0 Å². The van der Waals surface area contributed by atoms with Crippen molar-refractivity contribution in [1.29, 1.82) is 0 Å². The van der Waals surface area contributed by atoms with Gasteiger partial charge < -0.3 is 19.7 Å². The van der Waals surface area contributed by atoms with Gasteiger partial charge in [-0.2, -0.15) is 13.2 Å². The Morgan fingerprint density at radius 1 is 1.28 bits per heavy atom. The molecule has 3 heterocycles. The molecular formula is C22H25F3N4O3. The van der Waals surface area contributed by atoms with E-state index in [0.29, 0.717) is 5.92 Å². The Kier molecular flexibility index (Phi) is 7.22. The maximum absolute atomic E-state index is 10.6. The minimum Gasteiger partial charge on any atom is -0.497 e. The molecule has 0 saturated carbocycles. The van der Waals surface area contributed by atoms with Crippen LogP contribution >= 0.6 is 0 Å². The first-order valence-corrected chi connectivity index (χ1v) is 10.2. The van der Waals surface area contributed by atoms with Crippen molar-refractivity contribution in [3.8, 4) is 5.75 Å². The summed E-state index contributed by atoms with van der Waals surface area (Å²) in [6.45, 7) is 4.28. The predicted molar refractivity (Wildman–Crippen MR) is 114 cm³/mol. The van der Waals surface area contributed by atoms with Crippen LogP contribution in [0.3, 0.4) is 0 Å². The number of fused-ring (bicyclic) bond motifs is 1. The Labute approximate surface area is 183 Å². The van der Waals surface area contributed by atoms with E-state index in [1.807, 2.05) is 12.1 Å². The van der Waals surface area contributed by atoms with Crippen molar-refractivity contribution >= 4 is 22.8 Å². The number of rotatable bonds is 5. The number of carbonyl (C=O) groups is 1. The monoisotopic (exact) mass is 450 g/mol. The number of methoxy groups -OCH3 is 1. The highest BCUT2D eigenvalue weighted by molar-refractivity contribution is 5.90. The lowest BCUT2D eigenvalue weighted by atomic mass is 9.99. The third kappa shape index (κ3) is 5.49. The summed E-state index contributed by atoms with van der Waals surface area (Å²) in [6, 6.07) is 8.43. The number of hydrogen-bond acceptors (Lipinski definition) is 5. The van der Waals surface area contributed by atoms with Crippen molar-refractivity contribution in [2.75, 3.05) is 25.1 Å². The molecule has 172 valence electrons. The lowest BCUT2D eigenvalue weighted by Gasteiger charge is -2.19. The van der Waals surface area contributed by atoms with Crippen molar-refractivity contribution in [3.63, 3.8) is 0 Å². The van der Waals surface area contributed by atoms with Gasteiger partial charge in [-0.05, 0) is 48.4 Å². The molecule has 1 aliphatic rings. The Bertz CT molecular complexity index is 1050. The number of aromatic nitrogens is 3. The number of aryl methyl sites for hydroxylation is 1. The summed E-state index contributed by atoms with van der Waals surface area (Å²) in [4.78, 5) is 23.6. The first-order chi connectivity index (χ1) is 15.2. The van der Waals surface area contributed by atoms with Gasteiger partial charge >= 0.3 is 12.1 Å². The average molecular weight is 450 g/mol. The largest absolute Gasteiger partial charge is 0.497 e. The van der Waals surface area contributed by atoms with Gasteiger partial charge in [-0.25, -0.2) is 14.8 Å². The van der Waals surface area contributed by atoms with Gasteiger partial charge in [0.05, 0.1) is 12.5 Å². The number of aromatic amines is 1. The maximum Gasteiger partial charge on any atom is 0.490 e. The zero-order valence-corrected chi connectivity index (χ0v) is 17.8. The minimum absolute atomic E-state index is 0.655. The van der Waals surface area contributed by atoms with Crippen LogP contribution in [0.15, 0.2) is 36.8 Å². The van der Waals surface area contributed by atoms with Crippen LogP contribution < -0.4 is 9.64 Å². The second kappa shape index (κ2) is 9.88. The molecule has 1 unspecified atom stereocenters. The van der Waals surface area contributed by atoms with Crippen LogP contribution in [0, 0.1) is 5.92 Å². The lowest BCUT2D eigenvalue weighted by Crippen LogP contribution is -2.21. The Balaban J connectivity index is 0.000000360. The molecule has 1 saturated heterocycles. The number of benzene rings is 1. The number of ether oxygens (including phenoxy) is 1. The highest BCUT2D eigenvalue weighted by Crippen LogP contribution is 2.31. The molecule has 0 aliphatic carbocycles. The van der Waals surface area contributed by atoms with Crippen molar-refractivity contribution in [1.82, 2.24) is 15.0 Å². The Morgan fingerprint density at radius 3 is 2.56 bits per heavy atom. The van der Waals surface area contributed by atoms with E-state index in [9.17, 15) is 13.2 Å². The molecule has 1 aliphatic heterocycles. The van der Waals surface area contributed by atoms with Gasteiger partial charge in [0.25, 0.3) is 0 Å². The van der Waals surface area contributed by atoms with E-state index in [0.717, 1.165) is 43.1 Å². The molecule has 4 rings (SSSR count). The van der Waals surface area contributed by atoms with E-state index in [-0.39, 0.29) is 0 Å². The first kappa shape index (κ1) is 23.4. The highest BCUT2D eigenvalue weighted by atomic mass is 19.4. The molecule has 0 bridgehead atoms. The number of nitrogens with one attached hydrogen (secondary N) is 1. The van der Waals surface area contributed by atoms with Gasteiger partial charge in [0.2, 0.25) is 0 Å². The lowest BCUT2D eigenvalue weighted by molar-refractivity contribution is -0.192. The fourth-order valence-corrected chi connectivity index (χ4v) is 3.81. The van der Waals surface area contributed by atoms with Crippen molar-refractivity contribution < 1.29 is 27.8 Å². The van der Waals surface area contributed by atoms with Gasteiger partial charge in [0, 0.05) is 19.3 Å². The average Bonchev–Trinajstić information content (AvgIpc) is 3.41. The molecule has 3 aromatic rings. The molecule has 2 aromatic heterocycles. The summed E-state index contributed by atoms with van der Waals surface area (Å²) in [6.07, 6.45) is 1.94. The van der Waals surface area contributed by atoms with E-state index in [2.05, 4.69) is 45.1 Å². The smallest absolute Gasteiger partial charge is 0.490 e. The molecule has 1 atom stereocenters.